The zero-order valence-electron chi connectivity index (χ0n) is 17.3. The van der Waals surface area contributed by atoms with Gasteiger partial charge in [0.1, 0.15) is 5.76 Å². The second-order valence-corrected chi connectivity index (χ2v) is 12.3. The summed E-state index contributed by atoms with van der Waals surface area (Å²) in [6, 6.07) is 4.20. The Bertz CT molecular complexity index is 667. The molecule has 1 aromatic rings. The van der Waals surface area contributed by atoms with E-state index in [1.54, 1.807) is 6.26 Å². The summed E-state index contributed by atoms with van der Waals surface area (Å²) >= 11 is 4.44. The lowest BCUT2D eigenvalue weighted by molar-refractivity contribution is -0.128. The van der Waals surface area contributed by atoms with Crippen LogP contribution in [0, 0.1) is 17.8 Å². The molecule has 1 N–H and O–H groups in total. The molecule has 4 atom stereocenters. The summed E-state index contributed by atoms with van der Waals surface area (Å²) < 4.78 is 6.20. The molecular weight excluding hydrogens is 400 g/mol. The van der Waals surface area contributed by atoms with Gasteiger partial charge >= 0.3 is 0 Å². The van der Waals surface area contributed by atoms with Crippen molar-refractivity contribution in [3.8, 4) is 0 Å². The molecule has 29 heavy (non-hydrogen) atoms. The molecule has 3 heterocycles. The van der Waals surface area contributed by atoms with Crippen molar-refractivity contribution in [3.05, 3.63) is 24.2 Å². The third-order valence-corrected chi connectivity index (χ3v) is 11.7. The summed E-state index contributed by atoms with van der Waals surface area (Å²) in [5.41, 5.74) is 0. The normalized spacial score (nSPS) is 32.9. The van der Waals surface area contributed by atoms with Gasteiger partial charge in [-0.25, -0.2) is 0 Å². The van der Waals surface area contributed by atoms with Gasteiger partial charge < -0.3 is 9.73 Å². The second kappa shape index (κ2) is 8.88. The number of carbonyl (C=O) groups is 1. The van der Waals surface area contributed by atoms with E-state index in [4.69, 9.17) is 4.42 Å². The maximum Gasteiger partial charge on any atom is 0.223 e. The molecule has 1 amide bonds. The fraction of sp³-hybridized carbons (Fsp3) is 0.783. The van der Waals surface area contributed by atoms with Gasteiger partial charge in [-0.15, -0.1) is 23.5 Å². The van der Waals surface area contributed by atoms with Crippen LogP contribution in [0.3, 0.4) is 0 Å². The predicted molar refractivity (Wildman–Crippen MR) is 121 cm³/mol. The highest BCUT2D eigenvalue weighted by Crippen LogP contribution is 2.64. The first kappa shape index (κ1) is 20.3. The minimum atomic E-state index is 0.171. The minimum Gasteiger partial charge on any atom is -0.468 e. The fourth-order valence-electron chi connectivity index (χ4n) is 6.29. The number of hydrogen-bond donors (Lipinski definition) is 1. The van der Waals surface area contributed by atoms with Gasteiger partial charge in [-0.1, -0.05) is 12.8 Å². The highest BCUT2D eigenvalue weighted by Gasteiger charge is 2.55. The number of likely N-dealkylation sites (tertiary alicyclic amines) is 1. The van der Waals surface area contributed by atoms with Crippen molar-refractivity contribution >= 4 is 29.4 Å². The van der Waals surface area contributed by atoms with E-state index in [1.807, 2.05) is 6.07 Å². The lowest BCUT2D eigenvalue weighted by Gasteiger charge is -2.52. The highest BCUT2D eigenvalue weighted by atomic mass is 32.2. The van der Waals surface area contributed by atoms with Gasteiger partial charge in [0.05, 0.1) is 16.4 Å². The predicted octanol–water partition coefficient (Wildman–Crippen LogP) is 4.93. The van der Waals surface area contributed by atoms with Crippen LogP contribution in [0.25, 0.3) is 0 Å². The van der Waals surface area contributed by atoms with E-state index in [0.29, 0.717) is 16.5 Å². The van der Waals surface area contributed by atoms with E-state index in [9.17, 15) is 4.79 Å². The number of hydrogen-bond acceptors (Lipinski definition) is 5. The Labute approximate surface area is 183 Å². The number of thioether (sulfide) groups is 2. The van der Waals surface area contributed by atoms with Crippen LogP contribution in [0.4, 0.5) is 0 Å². The van der Waals surface area contributed by atoms with Crippen molar-refractivity contribution in [1.82, 2.24) is 10.2 Å². The number of nitrogens with one attached hydrogen (secondary N) is 1. The standard InChI is InChI=1S/C23H34N2O2S2/c26-22(17-14-18-6-4-7-19(15-17)23(18)28-12-13-29-23)24-16-20(21-8-5-11-27-21)25-9-2-1-3-10-25/h5,8,11,17-20H,1-4,6-7,9-10,12-16H2,(H,24,26)/t17?,18-,19+,20-/m1/s1. The van der Waals surface area contributed by atoms with Gasteiger partial charge in [0.2, 0.25) is 5.91 Å². The molecule has 2 aliphatic heterocycles. The van der Waals surface area contributed by atoms with E-state index in [-0.39, 0.29) is 12.0 Å². The van der Waals surface area contributed by atoms with Crippen LogP contribution >= 0.6 is 23.5 Å². The number of carbonyl (C=O) groups excluding carboxylic acids is 1. The number of rotatable bonds is 5. The summed E-state index contributed by atoms with van der Waals surface area (Å²) in [6.45, 7) is 2.88. The zero-order valence-corrected chi connectivity index (χ0v) is 18.9. The molecule has 0 radical (unpaired) electrons. The Morgan fingerprint density at radius 2 is 1.86 bits per heavy atom. The van der Waals surface area contributed by atoms with Crippen molar-refractivity contribution in [2.24, 2.45) is 17.8 Å². The maximum absolute atomic E-state index is 13.2. The minimum absolute atomic E-state index is 0.171. The van der Waals surface area contributed by atoms with Crippen LogP contribution in [0.1, 0.15) is 63.2 Å². The molecule has 1 spiro atoms. The van der Waals surface area contributed by atoms with Gasteiger partial charge in [0.25, 0.3) is 0 Å². The van der Waals surface area contributed by atoms with Crippen molar-refractivity contribution in [2.75, 3.05) is 31.1 Å². The van der Waals surface area contributed by atoms with Gasteiger partial charge in [-0.05, 0) is 75.6 Å². The molecule has 1 aromatic heterocycles. The summed E-state index contributed by atoms with van der Waals surface area (Å²) in [5.74, 6) is 5.54. The van der Waals surface area contributed by atoms with E-state index in [0.717, 1.165) is 43.5 Å². The molecule has 0 aromatic carbocycles. The number of piperidine rings is 1. The van der Waals surface area contributed by atoms with Crippen LogP contribution in [0.5, 0.6) is 0 Å². The molecule has 2 bridgehead atoms. The number of amides is 1. The molecule has 2 saturated carbocycles. The summed E-state index contributed by atoms with van der Waals surface area (Å²) in [4.78, 5) is 15.7. The molecule has 1 unspecified atom stereocenters. The zero-order chi connectivity index (χ0) is 19.7. The van der Waals surface area contributed by atoms with Crippen molar-refractivity contribution in [1.29, 1.82) is 0 Å². The van der Waals surface area contributed by atoms with Crippen molar-refractivity contribution in [2.45, 2.75) is 61.5 Å². The lowest BCUT2D eigenvalue weighted by Crippen LogP contribution is -2.50. The van der Waals surface area contributed by atoms with Crippen LogP contribution in [0.15, 0.2) is 22.8 Å². The lowest BCUT2D eigenvalue weighted by atomic mass is 9.67. The Kier molecular flexibility index (Phi) is 6.22. The van der Waals surface area contributed by atoms with Crippen LogP contribution in [-0.2, 0) is 4.79 Å². The average molecular weight is 435 g/mol. The molecule has 2 saturated heterocycles. The van der Waals surface area contributed by atoms with E-state index < -0.39 is 0 Å². The smallest absolute Gasteiger partial charge is 0.223 e. The molecule has 2 aliphatic carbocycles. The first-order valence-electron chi connectivity index (χ1n) is 11.6. The van der Waals surface area contributed by atoms with Gasteiger partial charge in [-0.3, -0.25) is 9.69 Å². The fourth-order valence-corrected chi connectivity index (χ4v) is 10.2. The summed E-state index contributed by atoms with van der Waals surface area (Å²) in [7, 11) is 0. The molecule has 4 aliphatic rings. The molecule has 6 heteroatoms. The molecular formula is C23H34N2O2S2. The quantitative estimate of drug-likeness (QED) is 0.712. The largest absolute Gasteiger partial charge is 0.468 e. The van der Waals surface area contributed by atoms with Gasteiger partial charge in [-0.2, -0.15) is 0 Å². The van der Waals surface area contributed by atoms with Crippen molar-refractivity contribution < 1.29 is 9.21 Å². The topological polar surface area (TPSA) is 45.5 Å². The molecule has 4 nitrogen and oxygen atoms in total. The van der Waals surface area contributed by atoms with Gasteiger partial charge in [0, 0.05) is 24.0 Å². The van der Waals surface area contributed by atoms with E-state index in [1.165, 1.54) is 50.0 Å². The SMILES string of the molecule is O=C(NC[C@H](c1ccco1)N1CCCCC1)C1C[C@H]2CCC[C@@H](C1)C21SCCS1. The average Bonchev–Trinajstić information content (AvgIpc) is 3.42. The van der Waals surface area contributed by atoms with Crippen molar-refractivity contribution in [3.63, 3.8) is 0 Å². The van der Waals surface area contributed by atoms with Gasteiger partial charge in [0.15, 0.2) is 0 Å². The number of nitrogens with zero attached hydrogens (tertiary/aromatic N) is 1. The Morgan fingerprint density at radius 3 is 2.52 bits per heavy atom. The van der Waals surface area contributed by atoms with E-state index >= 15 is 0 Å². The number of furan rings is 1. The molecule has 5 rings (SSSR count). The van der Waals surface area contributed by atoms with Crippen LogP contribution < -0.4 is 5.32 Å². The molecule has 160 valence electrons. The highest BCUT2D eigenvalue weighted by molar-refractivity contribution is 8.21. The first-order chi connectivity index (χ1) is 14.3. The Balaban J connectivity index is 1.23. The van der Waals surface area contributed by atoms with Crippen LogP contribution in [-0.4, -0.2) is 46.0 Å². The Hall–Kier alpha value is -0.590. The maximum atomic E-state index is 13.2. The van der Waals surface area contributed by atoms with Crippen LogP contribution in [0.2, 0.25) is 0 Å². The molecule has 4 fully saturated rings. The Morgan fingerprint density at radius 1 is 1.14 bits per heavy atom. The third-order valence-electron chi connectivity index (χ3n) is 7.66. The summed E-state index contributed by atoms with van der Waals surface area (Å²) in [6.07, 6.45) is 11.8. The first-order valence-corrected chi connectivity index (χ1v) is 13.6. The second-order valence-electron chi connectivity index (χ2n) is 9.28. The monoisotopic (exact) mass is 434 g/mol. The summed E-state index contributed by atoms with van der Waals surface area (Å²) in [5, 5.41) is 3.35. The third kappa shape index (κ3) is 4.01. The van der Waals surface area contributed by atoms with E-state index in [2.05, 4.69) is 39.8 Å².